The molecular weight excluding hydrogens is 408 g/mol. The third-order valence-electron chi connectivity index (χ3n) is 4.74. The Bertz CT molecular complexity index is 1230. The van der Waals surface area contributed by atoms with Crippen LogP contribution in [0.15, 0.2) is 83.1 Å². The van der Waals surface area contributed by atoms with Crippen molar-refractivity contribution in [2.24, 2.45) is 5.10 Å². The van der Waals surface area contributed by atoms with Crippen molar-refractivity contribution in [2.45, 2.75) is 18.6 Å². The summed E-state index contributed by atoms with van der Waals surface area (Å²) in [6, 6.07) is 22.9. The Morgan fingerprint density at radius 3 is 2.74 bits per heavy atom. The second-order valence-corrected chi connectivity index (χ2v) is 8.14. The molecule has 0 bridgehead atoms. The van der Waals surface area contributed by atoms with E-state index in [4.69, 9.17) is 0 Å². The molecule has 0 fully saturated rings. The molecule has 0 radical (unpaired) electrons. The van der Waals surface area contributed by atoms with Gasteiger partial charge in [-0.2, -0.15) is 5.10 Å². The zero-order chi connectivity index (χ0) is 21.6. The van der Waals surface area contributed by atoms with Gasteiger partial charge in [0.1, 0.15) is 6.54 Å². The smallest absolute Gasteiger partial charge is 0.317 e. The number of aromatic amines is 1. The van der Waals surface area contributed by atoms with E-state index in [0.717, 1.165) is 16.2 Å². The van der Waals surface area contributed by atoms with Gasteiger partial charge in [-0.15, -0.1) is 5.75 Å². The maximum absolute atomic E-state index is 12.3. The standard InChI is InChI=1S/C24H22N4O2S/c1-17-9-11-18(12-10-17)15-28-22-8-3-2-7-21(22)26-24(28)31-16-23(30)27-25-14-19-5-4-6-20(29)13-19/h2-14H,15-16H2,1H3,(H2,27,29,30). The number of carbonyl (C=O) groups is 1. The number of carbonyl (C=O) groups excluding carboxylic acids is 1. The first-order valence-electron chi connectivity index (χ1n) is 9.86. The summed E-state index contributed by atoms with van der Waals surface area (Å²) in [5.74, 6) is -0.109. The zero-order valence-electron chi connectivity index (χ0n) is 17.0. The molecule has 3 aromatic carbocycles. The van der Waals surface area contributed by atoms with Crippen LogP contribution in [-0.4, -0.2) is 22.9 Å². The maximum Gasteiger partial charge on any atom is 0.317 e. The third kappa shape index (κ3) is 5.32. The van der Waals surface area contributed by atoms with E-state index in [1.807, 2.05) is 18.2 Å². The van der Waals surface area contributed by atoms with Crippen LogP contribution in [-0.2, 0) is 11.3 Å². The Hall–Kier alpha value is -3.58. The molecule has 0 aliphatic rings. The Morgan fingerprint density at radius 2 is 1.94 bits per heavy atom. The first-order chi connectivity index (χ1) is 15.1. The van der Waals surface area contributed by atoms with Crippen LogP contribution in [0.5, 0.6) is 5.75 Å². The Balaban J connectivity index is 1.45. The fourth-order valence-electron chi connectivity index (χ4n) is 3.19. The Morgan fingerprint density at radius 1 is 1.13 bits per heavy atom. The highest BCUT2D eigenvalue weighted by Gasteiger charge is 2.20. The van der Waals surface area contributed by atoms with Crippen molar-refractivity contribution in [2.75, 3.05) is 5.75 Å². The molecule has 0 saturated heterocycles. The van der Waals surface area contributed by atoms with Crippen molar-refractivity contribution in [3.8, 4) is 5.75 Å². The second-order valence-electron chi connectivity index (χ2n) is 7.17. The number of imidazole rings is 1. The lowest BCUT2D eigenvalue weighted by Gasteiger charge is -2.04. The predicted octanol–water partition coefficient (Wildman–Crippen LogP) is 3.13. The molecule has 2 N–H and O–H groups in total. The van der Waals surface area contributed by atoms with E-state index in [0.29, 0.717) is 12.1 Å². The van der Waals surface area contributed by atoms with Crippen molar-refractivity contribution >= 4 is 34.9 Å². The lowest BCUT2D eigenvalue weighted by molar-refractivity contribution is -0.700. The predicted molar refractivity (Wildman–Crippen MR) is 121 cm³/mol. The number of hydrogen-bond donors (Lipinski definition) is 2. The first-order valence-corrected chi connectivity index (χ1v) is 10.8. The molecule has 1 aromatic heterocycles. The number of nitrogens with zero attached hydrogens (tertiary/aromatic N) is 2. The number of para-hydroxylation sites is 2. The van der Waals surface area contributed by atoms with E-state index in [1.54, 1.807) is 12.1 Å². The van der Waals surface area contributed by atoms with Crippen molar-refractivity contribution in [3.05, 3.63) is 89.5 Å². The van der Waals surface area contributed by atoms with Gasteiger partial charge in [0.25, 0.3) is 5.91 Å². The first kappa shape index (κ1) is 20.7. The summed E-state index contributed by atoms with van der Waals surface area (Å²) in [6.45, 7) is 2.78. The SMILES string of the molecule is Cc1ccc(C[n+]2c(SCC(=O)NN=Cc3cccc([O-])c3)[nH]c3ccccc32)cc1. The van der Waals surface area contributed by atoms with Crippen molar-refractivity contribution < 1.29 is 14.5 Å². The summed E-state index contributed by atoms with van der Waals surface area (Å²) in [5, 5.41) is 16.2. The summed E-state index contributed by atoms with van der Waals surface area (Å²) in [4.78, 5) is 15.7. The molecule has 4 rings (SSSR count). The Kier molecular flexibility index (Phi) is 6.33. The largest absolute Gasteiger partial charge is 0.872 e. The monoisotopic (exact) mass is 430 g/mol. The van der Waals surface area contributed by atoms with E-state index in [1.165, 1.54) is 41.2 Å². The molecule has 0 spiro atoms. The molecule has 0 saturated carbocycles. The van der Waals surface area contributed by atoms with Crippen LogP contribution >= 0.6 is 11.8 Å². The number of H-pyrrole nitrogens is 1. The number of amides is 1. The van der Waals surface area contributed by atoms with Crippen LogP contribution in [0.25, 0.3) is 11.0 Å². The van der Waals surface area contributed by atoms with Crippen molar-refractivity contribution in [3.63, 3.8) is 0 Å². The minimum absolute atomic E-state index is 0.0947. The number of aromatic nitrogens is 2. The van der Waals surface area contributed by atoms with Gasteiger partial charge in [0.2, 0.25) is 0 Å². The molecule has 6 nitrogen and oxygen atoms in total. The molecule has 1 amide bonds. The minimum Gasteiger partial charge on any atom is -0.872 e. The molecule has 7 heteroatoms. The number of hydrazone groups is 1. The zero-order valence-corrected chi connectivity index (χ0v) is 17.9. The van der Waals surface area contributed by atoms with Gasteiger partial charge in [-0.05, 0) is 41.9 Å². The molecule has 0 atom stereocenters. The molecule has 4 aromatic rings. The average Bonchev–Trinajstić information content (AvgIpc) is 3.11. The lowest BCUT2D eigenvalue weighted by atomic mass is 10.1. The summed E-state index contributed by atoms with van der Waals surface area (Å²) in [6.07, 6.45) is 1.46. The van der Waals surface area contributed by atoms with Gasteiger partial charge in [0.15, 0.2) is 11.0 Å². The van der Waals surface area contributed by atoms with Gasteiger partial charge in [0.05, 0.1) is 12.0 Å². The van der Waals surface area contributed by atoms with Crippen molar-refractivity contribution in [1.29, 1.82) is 0 Å². The summed E-state index contributed by atoms with van der Waals surface area (Å²) in [5.41, 5.74) is 7.68. The van der Waals surface area contributed by atoms with E-state index in [9.17, 15) is 9.90 Å². The molecule has 156 valence electrons. The van der Waals surface area contributed by atoms with Gasteiger partial charge in [0, 0.05) is 0 Å². The normalized spacial score (nSPS) is 11.3. The van der Waals surface area contributed by atoms with E-state index < -0.39 is 0 Å². The molecule has 0 aliphatic heterocycles. The van der Waals surface area contributed by atoms with Crippen LogP contribution in [0.4, 0.5) is 0 Å². The van der Waals surface area contributed by atoms with Gasteiger partial charge >= 0.3 is 5.16 Å². The number of aryl methyl sites for hydroxylation is 1. The van der Waals surface area contributed by atoms with Gasteiger partial charge in [-0.1, -0.05) is 66.2 Å². The molecule has 0 unspecified atom stereocenters. The lowest BCUT2D eigenvalue weighted by Crippen LogP contribution is -2.36. The number of benzene rings is 3. The molecule has 1 heterocycles. The van der Waals surface area contributed by atoms with Crippen LogP contribution in [0.3, 0.4) is 0 Å². The van der Waals surface area contributed by atoms with E-state index in [-0.39, 0.29) is 17.4 Å². The number of thioether (sulfide) groups is 1. The summed E-state index contributed by atoms with van der Waals surface area (Å²) in [7, 11) is 0. The summed E-state index contributed by atoms with van der Waals surface area (Å²) < 4.78 is 2.18. The Labute approximate surface area is 184 Å². The van der Waals surface area contributed by atoms with E-state index in [2.05, 4.69) is 57.3 Å². The van der Waals surface area contributed by atoms with Crippen molar-refractivity contribution in [1.82, 2.24) is 10.4 Å². The molecular formula is C24H22N4O2S. The number of hydrogen-bond acceptors (Lipinski definition) is 4. The van der Waals surface area contributed by atoms with Gasteiger partial charge in [-0.3, -0.25) is 4.79 Å². The second kappa shape index (κ2) is 9.49. The highest BCUT2D eigenvalue weighted by atomic mass is 32.2. The van der Waals surface area contributed by atoms with Gasteiger partial charge in [-0.25, -0.2) is 15.0 Å². The quantitative estimate of drug-likeness (QED) is 0.204. The van der Waals surface area contributed by atoms with Crippen LogP contribution in [0.1, 0.15) is 16.7 Å². The average molecular weight is 431 g/mol. The number of rotatable bonds is 7. The van der Waals surface area contributed by atoms with Crippen LogP contribution < -0.4 is 15.1 Å². The molecule has 0 aliphatic carbocycles. The number of fused-ring (bicyclic) bond motifs is 1. The number of nitrogens with one attached hydrogen (secondary N) is 2. The fourth-order valence-corrected chi connectivity index (χ4v) is 4.03. The summed E-state index contributed by atoms with van der Waals surface area (Å²) >= 11 is 1.42. The highest BCUT2D eigenvalue weighted by molar-refractivity contribution is 7.99. The third-order valence-corrected chi connectivity index (χ3v) is 5.75. The molecule has 31 heavy (non-hydrogen) atoms. The van der Waals surface area contributed by atoms with E-state index >= 15 is 0 Å². The minimum atomic E-state index is -0.222. The van der Waals surface area contributed by atoms with Crippen LogP contribution in [0, 0.1) is 6.92 Å². The topological polar surface area (TPSA) is 84.2 Å². The fraction of sp³-hybridized carbons (Fsp3) is 0.125. The highest BCUT2D eigenvalue weighted by Crippen LogP contribution is 2.18. The maximum atomic E-state index is 12.3. The van der Waals surface area contributed by atoms with Crippen LogP contribution in [0.2, 0.25) is 0 Å². The van der Waals surface area contributed by atoms with Gasteiger partial charge < -0.3 is 5.11 Å².